The van der Waals surface area contributed by atoms with Crippen LogP contribution in [0, 0.1) is 5.92 Å². The van der Waals surface area contributed by atoms with E-state index in [0.29, 0.717) is 11.7 Å². The van der Waals surface area contributed by atoms with Crippen molar-refractivity contribution < 1.29 is 4.79 Å². The van der Waals surface area contributed by atoms with Gasteiger partial charge in [0.2, 0.25) is 5.91 Å². The van der Waals surface area contributed by atoms with Gasteiger partial charge in [0.1, 0.15) is 9.86 Å². The summed E-state index contributed by atoms with van der Waals surface area (Å²) in [5.74, 6) is 1.26. The second-order valence-electron chi connectivity index (χ2n) is 8.82. The van der Waals surface area contributed by atoms with Crippen LogP contribution in [0.3, 0.4) is 0 Å². The molecule has 1 saturated heterocycles. The molecule has 0 aromatic carbocycles. The molecule has 5 nitrogen and oxygen atoms in total. The van der Waals surface area contributed by atoms with E-state index in [1.54, 1.807) is 34.9 Å². The van der Waals surface area contributed by atoms with E-state index >= 15 is 0 Å². The summed E-state index contributed by atoms with van der Waals surface area (Å²) in [5.41, 5.74) is 5.24. The fourth-order valence-corrected chi connectivity index (χ4v) is 7.33. The van der Waals surface area contributed by atoms with Gasteiger partial charge < -0.3 is 4.90 Å². The van der Waals surface area contributed by atoms with Crippen LogP contribution in [0.1, 0.15) is 49.9 Å². The number of thiophene rings is 1. The van der Waals surface area contributed by atoms with Crippen molar-refractivity contribution >= 4 is 61.2 Å². The lowest BCUT2D eigenvalue weighted by Gasteiger charge is -2.14. The quantitative estimate of drug-likeness (QED) is 0.273. The highest BCUT2D eigenvalue weighted by molar-refractivity contribution is 8.00. The zero-order valence-electron chi connectivity index (χ0n) is 18.4. The molecule has 2 aliphatic rings. The maximum absolute atomic E-state index is 12.6. The number of hydrogen-bond donors (Lipinski definition) is 0. The number of rotatable bonds is 6. The summed E-state index contributed by atoms with van der Waals surface area (Å²) in [7, 11) is 0. The summed E-state index contributed by atoms with van der Waals surface area (Å²) in [4.78, 5) is 30.6. The van der Waals surface area contributed by atoms with Gasteiger partial charge in [-0.05, 0) is 61.8 Å². The molecular formula is C23H28N4OS3. The molecule has 1 amide bonds. The van der Waals surface area contributed by atoms with Crippen LogP contribution in [0.15, 0.2) is 10.2 Å². The molecule has 4 heterocycles. The van der Waals surface area contributed by atoms with E-state index < -0.39 is 0 Å². The Labute approximate surface area is 195 Å². The van der Waals surface area contributed by atoms with Crippen LogP contribution in [0.2, 0.25) is 0 Å². The molecule has 0 atom stereocenters. The normalized spacial score (nSPS) is 16.2. The molecule has 164 valence electrons. The highest BCUT2D eigenvalue weighted by Crippen LogP contribution is 2.43. The second kappa shape index (κ2) is 8.87. The van der Waals surface area contributed by atoms with Crippen LogP contribution in [0.5, 0.6) is 0 Å². The molecule has 1 fully saturated rings. The SMILES string of the molecule is CSc1nc(SCC(=O)N2CCCC2)c2sc3nc(CC(C)C)c4c(c3c2n1)CCC4. The van der Waals surface area contributed by atoms with Crippen molar-refractivity contribution in [1.82, 2.24) is 19.9 Å². The number of carbonyl (C=O) groups excluding carboxylic acids is 1. The lowest BCUT2D eigenvalue weighted by Crippen LogP contribution is -2.29. The topological polar surface area (TPSA) is 59.0 Å². The molecule has 8 heteroatoms. The molecule has 3 aromatic rings. The number of carbonyl (C=O) groups is 1. The second-order valence-corrected chi connectivity index (χ2v) is 11.6. The largest absolute Gasteiger partial charge is 0.342 e. The lowest BCUT2D eigenvalue weighted by molar-refractivity contribution is -0.127. The Morgan fingerprint density at radius 1 is 1.10 bits per heavy atom. The predicted octanol–water partition coefficient (Wildman–Crippen LogP) is 5.36. The van der Waals surface area contributed by atoms with Crippen LogP contribution in [-0.4, -0.2) is 50.9 Å². The fourth-order valence-electron chi connectivity index (χ4n) is 4.73. The number of hydrogen-bond acceptors (Lipinski definition) is 7. The minimum absolute atomic E-state index is 0.222. The molecule has 0 radical (unpaired) electrons. The zero-order chi connectivity index (χ0) is 21.5. The van der Waals surface area contributed by atoms with Crippen LogP contribution in [0.25, 0.3) is 20.4 Å². The van der Waals surface area contributed by atoms with E-state index in [2.05, 4.69) is 13.8 Å². The third-order valence-electron chi connectivity index (χ3n) is 6.14. The first-order chi connectivity index (χ1) is 15.0. The van der Waals surface area contributed by atoms with Gasteiger partial charge in [-0.3, -0.25) is 4.79 Å². The van der Waals surface area contributed by atoms with E-state index in [0.717, 1.165) is 70.4 Å². The summed E-state index contributed by atoms with van der Waals surface area (Å²) in [6.45, 7) is 6.32. The number of amides is 1. The summed E-state index contributed by atoms with van der Waals surface area (Å²) in [6, 6.07) is 0. The molecule has 1 aliphatic carbocycles. The van der Waals surface area contributed by atoms with Gasteiger partial charge in [-0.15, -0.1) is 11.3 Å². The van der Waals surface area contributed by atoms with Crippen LogP contribution in [0.4, 0.5) is 0 Å². The number of thioether (sulfide) groups is 2. The highest BCUT2D eigenvalue weighted by atomic mass is 32.2. The molecular weight excluding hydrogens is 444 g/mol. The van der Waals surface area contributed by atoms with Crippen molar-refractivity contribution in [3.63, 3.8) is 0 Å². The Hall–Kier alpha value is -1.38. The number of likely N-dealkylation sites (tertiary alicyclic amines) is 1. The first kappa shape index (κ1) is 21.5. The first-order valence-corrected chi connectivity index (χ1v) is 14.2. The monoisotopic (exact) mass is 472 g/mol. The van der Waals surface area contributed by atoms with Gasteiger partial charge in [0.05, 0.1) is 16.0 Å². The summed E-state index contributed by atoms with van der Waals surface area (Å²) < 4.78 is 1.09. The van der Waals surface area contributed by atoms with Crippen molar-refractivity contribution in [2.24, 2.45) is 5.92 Å². The lowest BCUT2D eigenvalue weighted by atomic mass is 9.99. The van der Waals surface area contributed by atoms with E-state index in [1.165, 1.54) is 28.6 Å². The molecule has 5 rings (SSSR count). The van der Waals surface area contributed by atoms with Gasteiger partial charge in [0, 0.05) is 24.2 Å². The molecule has 3 aromatic heterocycles. The van der Waals surface area contributed by atoms with Gasteiger partial charge in [0.25, 0.3) is 0 Å². The van der Waals surface area contributed by atoms with Crippen molar-refractivity contribution in [2.45, 2.75) is 62.6 Å². The number of fused-ring (bicyclic) bond motifs is 5. The third-order valence-corrected chi connectivity index (χ3v) is 8.86. The first-order valence-electron chi connectivity index (χ1n) is 11.1. The molecule has 0 unspecified atom stereocenters. The van der Waals surface area contributed by atoms with Crippen molar-refractivity contribution in [3.8, 4) is 0 Å². The minimum Gasteiger partial charge on any atom is -0.342 e. The number of aryl methyl sites for hydroxylation is 1. The highest BCUT2D eigenvalue weighted by Gasteiger charge is 2.26. The average Bonchev–Trinajstić information content (AvgIpc) is 3.49. The Kier molecular flexibility index (Phi) is 6.14. The number of pyridine rings is 1. The molecule has 0 bridgehead atoms. The molecule has 0 N–H and O–H groups in total. The van der Waals surface area contributed by atoms with Crippen molar-refractivity contribution in [1.29, 1.82) is 0 Å². The minimum atomic E-state index is 0.222. The van der Waals surface area contributed by atoms with E-state index in [-0.39, 0.29) is 5.91 Å². The van der Waals surface area contributed by atoms with Crippen molar-refractivity contribution in [2.75, 3.05) is 25.1 Å². The average molecular weight is 473 g/mol. The Morgan fingerprint density at radius 2 is 1.87 bits per heavy atom. The maximum atomic E-state index is 12.6. The molecule has 1 aliphatic heterocycles. The van der Waals surface area contributed by atoms with E-state index in [4.69, 9.17) is 15.0 Å². The Morgan fingerprint density at radius 3 is 2.61 bits per heavy atom. The van der Waals surface area contributed by atoms with Gasteiger partial charge >= 0.3 is 0 Å². The van der Waals surface area contributed by atoms with Gasteiger partial charge in [0.15, 0.2) is 5.16 Å². The number of aromatic nitrogens is 3. The Balaban J connectivity index is 1.59. The van der Waals surface area contributed by atoms with Crippen LogP contribution >= 0.6 is 34.9 Å². The van der Waals surface area contributed by atoms with E-state index in [9.17, 15) is 4.79 Å². The van der Waals surface area contributed by atoms with Gasteiger partial charge in [-0.25, -0.2) is 15.0 Å². The summed E-state index contributed by atoms with van der Waals surface area (Å²) in [5, 5.41) is 2.95. The Bertz CT molecular complexity index is 1150. The molecule has 0 saturated carbocycles. The fraction of sp³-hybridized carbons (Fsp3) is 0.565. The van der Waals surface area contributed by atoms with Gasteiger partial charge in [-0.2, -0.15) is 0 Å². The van der Waals surface area contributed by atoms with Crippen LogP contribution in [-0.2, 0) is 24.1 Å². The standard InChI is InChI=1S/C23H28N4OS3/c1-13(2)11-16-14-7-6-8-15(14)18-19-20(31-21(18)24-16)22(26-23(25-19)29-3)30-12-17(28)27-9-4-5-10-27/h13H,4-12H2,1-3H3. The molecule has 0 spiro atoms. The van der Waals surface area contributed by atoms with Crippen LogP contribution < -0.4 is 0 Å². The molecule has 31 heavy (non-hydrogen) atoms. The summed E-state index contributed by atoms with van der Waals surface area (Å²) >= 11 is 4.84. The smallest absolute Gasteiger partial charge is 0.232 e. The van der Waals surface area contributed by atoms with Crippen molar-refractivity contribution in [3.05, 3.63) is 16.8 Å². The maximum Gasteiger partial charge on any atom is 0.232 e. The summed E-state index contributed by atoms with van der Waals surface area (Å²) in [6.07, 6.45) is 8.73. The zero-order valence-corrected chi connectivity index (χ0v) is 20.8. The third kappa shape index (κ3) is 4.07. The predicted molar refractivity (Wildman–Crippen MR) is 132 cm³/mol. The van der Waals surface area contributed by atoms with Gasteiger partial charge in [-0.1, -0.05) is 37.4 Å². The van der Waals surface area contributed by atoms with E-state index in [1.807, 2.05) is 11.2 Å². The number of nitrogens with zero attached hydrogens (tertiary/aromatic N) is 4.